The molecule has 2 saturated heterocycles. The summed E-state index contributed by atoms with van der Waals surface area (Å²) in [5.41, 5.74) is 0. The van der Waals surface area contributed by atoms with Gasteiger partial charge in [-0.1, -0.05) is 13.8 Å². The van der Waals surface area contributed by atoms with Gasteiger partial charge < -0.3 is 15.5 Å². The highest BCUT2D eigenvalue weighted by Gasteiger charge is 2.34. The van der Waals surface area contributed by atoms with E-state index >= 15 is 0 Å². The fourth-order valence-corrected chi connectivity index (χ4v) is 3.13. The number of hydrogen-bond acceptors (Lipinski definition) is 3. The van der Waals surface area contributed by atoms with Crippen LogP contribution in [0.5, 0.6) is 0 Å². The van der Waals surface area contributed by atoms with Gasteiger partial charge in [0, 0.05) is 25.6 Å². The summed E-state index contributed by atoms with van der Waals surface area (Å²) >= 11 is 0. The Bertz CT molecular complexity index is 351. The van der Waals surface area contributed by atoms with E-state index in [0.717, 1.165) is 45.3 Å². The number of likely N-dealkylation sites (tertiary alicyclic amines) is 1. The molecule has 0 aromatic heterocycles. The summed E-state index contributed by atoms with van der Waals surface area (Å²) in [6.07, 6.45) is 4.32. The van der Waals surface area contributed by atoms with Crippen molar-refractivity contribution in [3.63, 3.8) is 0 Å². The van der Waals surface area contributed by atoms with E-state index in [1.165, 1.54) is 0 Å². The predicted octanol–water partition coefficient (Wildman–Crippen LogP) is 0.892. The molecular formula is C15H27N3O2. The Kier molecular flexibility index (Phi) is 5.40. The molecule has 0 aromatic rings. The molecule has 0 aliphatic carbocycles. The fraction of sp³-hybridized carbons (Fsp3) is 0.867. The molecule has 0 saturated carbocycles. The summed E-state index contributed by atoms with van der Waals surface area (Å²) in [5, 5.41) is 6.37. The van der Waals surface area contributed by atoms with Crippen LogP contribution in [0.2, 0.25) is 0 Å². The first-order chi connectivity index (χ1) is 9.61. The van der Waals surface area contributed by atoms with Crippen molar-refractivity contribution in [3.05, 3.63) is 0 Å². The van der Waals surface area contributed by atoms with Gasteiger partial charge in [0.05, 0.1) is 6.04 Å². The first kappa shape index (κ1) is 15.3. The predicted molar refractivity (Wildman–Crippen MR) is 78.2 cm³/mol. The van der Waals surface area contributed by atoms with Crippen LogP contribution in [0.1, 0.15) is 46.0 Å². The van der Waals surface area contributed by atoms with E-state index in [1.807, 2.05) is 11.8 Å². The molecule has 0 aromatic carbocycles. The number of hydrogen-bond donors (Lipinski definition) is 2. The topological polar surface area (TPSA) is 61.4 Å². The molecule has 2 N–H and O–H groups in total. The third kappa shape index (κ3) is 3.72. The van der Waals surface area contributed by atoms with Crippen molar-refractivity contribution in [1.29, 1.82) is 0 Å². The molecule has 0 radical (unpaired) electrons. The second kappa shape index (κ2) is 7.07. The molecule has 2 fully saturated rings. The second-order valence-corrected chi connectivity index (χ2v) is 6.11. The average Bonchev–Trinajstić information content (AvgIpc) is 2.85. The van der Waals surface area contributed by atoms with Crippen molar-refractivity contribution in [1.82, 2.24) is 15.5 Å². The van der Waals surface area contributed by atoms with Gasteiger partial charge in [0.1, 0.15) is 0 Å². The molecule has 2 aliphatic rings. The summed E-state index contributed by atoms with van der Waals surface area (Å²) in [4.78, 5) is 26.0. The van der Waals surface area contributed by atoms with Gasteiger partial charge in [-0.15, -0.1) is 0 Å². The highest BCUT2D eigenvalue weighted by atomic mass is 16.2. The van der Waals surface area contributed by atoms with Crippen LogP contribution in [0.15, 0.2) is 0 Å². The third-order valence-corrected chi connectivity index (χ3v) is 4.45. The SMILES string of the molecule is CCCC(=O)NC1CCN(C(=O)C2NCCC2C)CC1. The first-order valence-electron chi connectivity index (χ1n) is 7.93. The highest BCUT2D eigenvalue weighted by molar-refractivity contribution is 5.82. The Hall–Kier alpha value is -1.10. The fourth-order valence-electron chi connectivity index (χ4n) is 3.13. The minimum Gasteiger partial charge on any atom is -0.353 e. The number of amides is 2. The third-order valence-electron chi connectivity index (χ3n) is 4.45. The number of carbonyl (C=O) groups excluding carboxylic acids is 2. The second-order valence-electron chi connectivity index (χ2n) is 6.11. The van der Waals surface area contributed by atoms with Crippen LogP contribution in [-0.2, 0) is 9.59 Å². The van der Waals surface area contributed by atoms with E-state index in [9.17, 15) is 9.59 Å². The van der Waals surface area contributed by atoms with Gasteiger partial charge in [0.2, 0.25) is 11.8 Å². The maximum atomic E-state index is 12.4. The molecule has 2 rings (SSSR count). The highest BCUT2D eigenvalue weighted by Crippen LogP contribution is 2.19. The summed E-state index contributed by atoms with van der Waals surface area (Å²) < 4.78 is 0. The molecule has 5 heteroatoms. The molecule has 2 amide bonds. The molecule has 2 aliphatic heterocycles. The Morgan fingerprint density at radius 1 is 1.25 bits per heavy atom. The van der Waals surface area contributed by atoms with Gasteiger partial charge >= 0.3 is 0 Å². The largest absolute Gasteiger partial charge is 0.353 e. The lowest BCUT2D eigenvalue weighted by atomic mass is 9.99. The number of piperidine rings is 1. The van der Waals surface area contributed by atoms with Gasteiger partial charge in [-0.3, -0.25) is 9.59 Å². The monoisotopic (exact) mass is 281 g/mol. The molecule has 2 heterocycles. The van der Waals surface area contributed by atoms with Crippen LogP contribution < -0.4 is 10.6 Å². The zero-order valence-electron chi connectivity index (χ0n) is 12.7. The van der Waals surface area contributed by atoms with Gasteiger partial charge in [0.25, 0.3) is 0 Å². The smallest absolute Gasteiger partial charge is 0.239 e. The summed E-state index contributed by atoms with van der Waals surface area (Å²) in [6, 6.07) is 0.244. The minimum atomic E-state index is 0.00114. The molecule has 0 bridgehead atoms. The number of rotatable bonds is 4. The van der Waals surface area contributed by atoms with Crippen molar-refractivity contribution in [3.8, 4) is 0 Å². The number of carbonyl (C=O) groups is 2. The van der Waals surface area contributed by atoms with Crippen LogP contribution in [0, 0.1) is 5.92 Å². The normalized spacial score (nSPS) is 27.6. The zero-order chi connectivity index (χ0) is 14.5. The Morgan fingerprint density at radius 2 is 1.95 bits per heavy atom. The van der Waals surface area contributed by atoms with E-state index in [0.29, 0.717) is 12.3 Å². The lowest BCUT2D eigenvalue weighted by Crippen LogP contribution is -2.51. The van der Waals surface area contributed by atoms with E-state index in [-0.39, 0.29) is 23.9 Å². The quantitative estimate of drug-likeness (QED) is 0.804. The molecule has 2 unspecified atom stereocenters. The Morgan fingerprint density at radius 3 is 2.50 bits per heavy atom. The van der Waals surface area contributed by atoms with E-state index < -0.39 is 0 Å². The van der Waals surface area contributed by atoms with E-state index in [1.54, 1.807) is 0 Å². The van der Waals surface area contributed by atoms with Gasteiger partial charge in [-0.25, -0.2) is 0 Å². The van der Waals surface area contributed by atoms with Crippen molar-refractivity contribution >= 4 is 11.8 Å². The molecular weight excluding hydrogens is 254 g/mol. The van der Waals surface area contributed by atoms with Crippen LogP contribution >= 0.6 is 0 Å². The summed E-state index contributed by atoms with van der Waals surface area (Å²) in [6.45, 7) is 6.62. The summed E-state index contributed by atoms with van der Waals surface area (Å²) in [7, 11) is 0. The molecule has 20 heavy (non-hydrogen) atoms. The Balaban J connectivity index is 1.76. The molecule has 2 atom stereocenters. The van der Waals surface area contributed by atoms with Gasteiger partial charge in [0.15, 0.2) is 0 Å². The molecule has 5 nitrogen and oxygen atoms in total. The van der Waals surface area contributed by atoms with Crippen LogP contribution in [-0.4, -0.2) is 48.4 Å². The van der Waals surface area contributed by atoms with Gasteiger partial charge in [-0.2, -0.15) is 0 Å². The van der Waals surface area contributed by atoms with Crippen molar-refractivity contribution in [2.24, 2.45) is 5.92 Å². The average molecular weight is 281 g/mol. The summed E-state index contributed by atoms with van der Waals surface area (Å²) in [5.74, 6) is 0.821. The van der Waals surface area contributed by atoms with Crippen molar-refractivity contribution in [2.45, 2.75) is 58.0 Å². The van der Waals surface area contributed by atoms with Crippen LogP contribution in [0.3, 0.4) is 0 Å². The van der Waals surface area contributed by atoms with E-state index in [4.69, 9.17) is 0 Å². The standard InChI is InChI=1S/C15H27N3O2/c1-3-4-13(19)17-12-6-9-18(10-7-12)15(20)14-11(2)5-8-16-14/h11-12,14,16H,3-10H2,1-2H3,(H,17,19). The number of nitrogens with one attached hydrogen (secondary N) is 2. The van der Waals surface area contributed by atoms with Crippen molar-refractivity contribution in [2.75, 3.05) is 19.6 Å². The Labute approximate surface area is 121 Å². The lowest BCUT2D eigenvalue weighted by molar-refractivity contribution is -0.135. The first-order valence-corrected chi connectivity index (χ1v) is 7.93. The number of nitrogens with zero attached hydrogens (tertiary/aromatic N) is 1. The zero-order valence-corrected chi connectivity index (χ0v) is 12.7. The maximum absolute atomic E-state index is 12.4. The molecule has 0 spiro atoms. The van der Waals surface area contributed by atoms with Crippen LogP contribution in [0.25, 0.3) is 0 Å². The van der Waals surface area contributed by atoms with Gasteiger partial charge in [-0.05, 0) is 38.1 Å². The van der Waals surface area contributed by atoms with E-state index in [2.05, 4.69) is 17.6 Å². The lowest BCUT2D eigenvalue weighted by Gasteiger charge is -2.34. The molecule has 114 valence electrons. The minimum absolute atomic E-state index is 0.00114. The maximum Gasteiger partial charge on any atom is 0.239 e. The van der Waals surface area contributed by atoms with Crippen LogP contribution in [0.4, 0.5) is 0 Å². The van der Waals surface area contributed by atoms with Crippen molar-refractivity contribution < 1.29 is 9.59 Å².